The van der Waals surface area contributed by atoms with Gasteiger partial charge in [0, 0.05) is 12.2 Å². The zero-order chi connectivity index (χ0) is 18.7. The van der Waals surface area contributed by atoms with Crippen LogP contribution in [0.4, 0.5) is 24.5 Å². The number of para-hydroxylation sites is 1. The average molecular weight is 379 g/mol. The summed E-state index contributed by atoms with van der Waals surface area (Å²) in [6.45, 7) is 2.12. The fraction of sp³-hybridized carbons (Fsp3) is 0.222. The molecule has 2 N–H and O–H groups in total. The van der Waals surface area contributed by atoms with E-state index in [4.69, 9.17) is 0 Å². The Morgan fingerprint density at radius 3 is 2.69 bits per heavy atom. The predicted octanol–water partition coefficient (Wildman–Crippen LogP) is 4.35. The maximum atomic E-state index is 12.8. The summed E-state index contributed by atoms with van der Waals surface area (Å²) in [5, 5.41) is 5.62. The van der Waals surface area contributed by atoms with Gasteiger partial charge in [0.15, 0.2) is 5.17 Å². The first-order chi connectivity index (χ1) is 12.3. The number of hydrogen-bond donors (Lipinski definition) is 2. The summed E-state index contributed by atoms with van der Waals surface area (Å²) < 4.78 is 38.3. The van der Waals surface area contributed by atoms with Crippen molar-refractivity contribution in [3.8, 4) is 0 Å². The molecular formula is C18H16F3N3OS. The molecule has 136 valence electrons. The van der Waals surface area contributed by atoms with Crippen LogP contribution in [0.15, 0.2) is 53.5 Å². The fourth-order valence-corrected chi connectivity index (χ4v) is 3.32. The number of benzene rings is 2. The van der Waals surface area contributed by atoms with Crippen LogP contribution < -0.4 is 10.6 Å². The number of aryl methyl sites for hydroxylation is 1. The normalized spacial score (nSPS) is 18.8. The Balaban J connectivity index is 1.65. The van der Waals surface area contributed by atoms with Crippen LogP contribution in [0.2, 0.25) is 0 Å². The van der Waals surface area contributed by atoms with E-state index >= 15 is 0 Å². The molecule has 1 unspecified atom stereocenters. The molecule has 3 rings (SSSR count). The molecule has 0 bridgehead atoms. The van der Waals surface area contributed by atoms with Crippen molar-refractivity contribution in [1.82, 2.24) is 5.32 Å². The SMILES string of the molecule is Cc1ccccc1N=C1NC(=O)C(CNc2cccc(C(F)(F)F)c2)S1. The molecule has 1 aliphatic heterocycles. The molecule has 1 amide bonds. The molecule has 2 aromatic carbocycles. The highest BCUT2D eigenvalue weighted by Gasteiger charge is 2.32. The van der Waals surface area contributed by atoms with Gasteiger partial charge in [-0.3, -0.25) is 4.79 Å². The molecule has 0 saturated carbocycles. The molecule has 1 fully saturated rings. The summed E-state index contributed by atoms with van der Waals surface area (Å²) in [6.07, 6.45) is -4.40. The standard InChI is InChI=1S/C18H16F3N3OS/c1-11-5-2-3-8-14(11)23-17-24-16(25)15(26-17)10-22-13-7-4-6-12(9-13)18(19,20)21/h2-9,15,22H,10H2,1H3,(H,23,24,25). The molecule has 8 heteroatoms. The number of alkyl halides is 3. The van der Waals surface area contributed by atoms with Crippen LogP contribution in [0.25, 0.3) is 0 Å². The minimum Gasteiger partial charge on any atom is -0.383 e. The number of hydrogen-bond acceptors (Lipinski definition) is 4. The molecular weight excluding hydrogens is 363 g/mol. The van der Waals surface area contributed by atoms with E-state index in [1.54, 1.807) is 0 Å². The maximum Gasteiger partial charge on any atom is 0.416 e. The Hall–Kier alpha value is -2.48. The molecule has 1 saturated heterocycles. The molecule has 1 atom stereocenters. The number of nitrogens with zero attached hydrogens (tertiary/aromatic N) is 1. The smallest absolute Gasteiger partial charge is 0.383 e. The second-order valence-electron chi connectivity index (χ2n) is 5.76. The summed E-state index contributed by atoms with van der Waals surface area (Å²) in [7, 11) is 0. The highest BCUT2D eigenvalue weighted by Crippen LogP contribution is 2.31. The summed E-state index contributed by atoms with van der Waals surface area (Å²) in [5.41, 5.74) is 1.34. The number of carbonyl (C=O) groups is 1. The fourth-order valence-electron chi connectivity index (χ4n) is 2.41. The minimum absolute atomic E-state index is 0.199. The van der Waals surface area contributed by atoms with Gasteiger partial charge in [0.05, 0.1) is 11.3 Å². The van der Waals surface area contributed by atoms with Gasteiger partial charge in [0.25, 0.3) is 0 Å². The number of carbonyl (C=O) groups excluding carboxylic acids is 1. The third-order valence-electron chi connectivity index (χ3n) is 3.80. The topological polar surface area (TPSA) is 53.5 Å². The Bertz CT molecular complexity index is 852. The van der Waals surface area contributed by atoms with Crippen LogP contribution in [0.3, 0.4) is 0 Å². The number of rotatable bonds is 4. The Kier molecular flexibility index (Phi) is 5.22. The van der Waals surface area contributed by atoms with Crippen LogP contribution >= 0.6 is 11.8 Å². The molecule has 26 heavy (non-hydrogen) atoms. The third kappa shape index (κ3) is 4.37. The number of aliphatic imine (C=N–C) groups is 1. The zero-order valence-electron chi connectivity index (χ0n) is 13.8. The van der Waals surface area contributed by atoms with Crippen molar-refractivity contribution in [3.63, 3.8) is 0 Å². The van der Waals surface area contributed by atoms with Crippen molar-refractivity contribution < 1.29 is 18.0 Å². The third-order valence-corrected chi connectivity index (χ3v) is 4.88. The van der Waals surface area contributed by atoms with Crippen molar-refractivity contribution in [2.75, 3.05) is 11.9 Å². The van der Waals surface area contributed by atoms with E-state index in [0.29, 0.717) is 10.9 Å². The van der Waals surface area contributed by atoms with Gasteiger partial charge >= 0.3 is 6.18 Å². The van der Waals surface area contributed by atoms with Gasteiger partial charge in [-0.15, -0.1) is 0 Å². The van der Waals surface area contributed by atoms with Crippen molar-refractivity contribution >= 4 is 34.2 Å². The van der Waals surface area contributed by atoms with E-state index in [1.165, 1.54) is 23.9 Å². The van der Waals surface area contributed by atoms with Gasteiger partial charge < -0.3 is 10.6 Å². The average Bonchev–Trinajstić information content (AvgIpc) is 2.94. The quantitative estimate of drug-likeness (QED) is 0.831. The van der Waals surface area contributed by atoms with Crippen LogP contribution in [-0.4, -0.2) is 22.9 Å². The highest BCUT2D eigenvalue weighted by atomic mass is 32.2. The molecule has 1 aliphatic rings. The van der Waals surface area contributed by atoms with Gasteiger partial charge in [0.2, 0.25) is 5.91 Å². The van der Waals surface area contributed by atoms with Crippen LogP contribution in [0.5, 0.6) is 0 Å². The van der Waals surface area contributed by atoms with E-state index in [0.717, 1.165) is 23.4 Å². The largest absolute Gasteiger partial charge is 0.416 e. The lowest BCUT2D eigenvalue weighted by Gasteiger charge is -2.12. The number of amidine groups is 1. The van der Waals surface area contributed by atoms with Gasteiger partial charge in [-0.05, 0) is 36.8 Å². The summed E-state index contributed by atoms with van der Waals surface area (Å²) in [6, 6.07) is 12.4. The van der Waals surface area contributed by atoms with Crippen LogP contribution in [0.1, 0.15) is 11.1 Å². The van der Waals surface area contributed by atoms with Crippen molar-refractivity contribution in [2.24, 2.45) is 4.99 Å². The number of anilines is 1. The van der Waals surface area contributed by atoms with Gasteiger partial charge in [-0.1, -0.05) is 36.0 Å². The molecule has 1 heterocycles. The summed E-state index contributed by atoms with van der Waals surface area (Å²) in [4.78, 5) is 16.5. The number of amides is 1. The lowest BCUT2D eigenvalue weighted by Crippen LogP contribution is -2.29. The second kappa shape index (κ2) is 7.41. The second-order valence-corrected chi connectivity index (χ2v) is 6.95. The van der Waals surface area contributed by atoms with Crippen molar-refractivity contribution in [3.05, 3.63) is 59.7 Å². The number of halogens is 3. The summed E-state index contributed by atoms with van der Waals surface area (Å²) >= 11 is 1.26. The lowest BCUT2D eigenvalue weighted by atomic mass is 10.2. The van der Waals surface area contributed by atoms with E-state index in [1.807, 2.05) is 31.2 Å². The maximum absolute atomic E-state index is 12.8. The number of nitrogens with one attached hydrogen (secondary N) is 2. The van der Waals surface area contributed by atoms with Crippen LogP contribution in [-0.2, 0) is 11.0 Å². The van der Waals surface area contributed by atoms with E-state index in [2.05, 4.69) is 15.6 Å². The van der Waals surface area contributed by atoms with Gasteiger partial charge in [0.1, 0.15) is 5.25 Å². The number of thioether (sulfide) groups is 1. The van der Waals surface area contributed by atoms with E-state index < -0.39 is 17.0 Å². The van der Waals surface area contributed by atoms with Crippen molar-refractivity contribution in [2.45, 2.75) is 18.3 Å². The highest BCUT2D eigenvalue weighted by molar-refractivity contribution is 8.15. The monoisotopic (exact) mass is 379 g/mol. The first kappa shape index (κ1) is 18.3. The van der Waals surface area contributed by atoms with E-state index in [-0.39, 0.29) is 12.5 Å². The van der Waals surface area contributed by atoms with E-state index in [9.17, 15) is 18.0 Å². The molecule has 2 aromatic rings. The molecule has 0 spiro atoms. The Morgan fingerprint density at radius 2 is 1.96 bits per heavy atom. The molecule has 0 radical (unpaired) electrons. The Labute approximate surface area is 152 Å². The molecule has 0 aliphatic carbocycles. The zero-order valence-corrected chi connectivity index (χ0v) is 14.6. The lowest BCUT2D eigenvalue weighted by molar-refractivity contribution is -0.137. The minimum atomic E-state index is -4.40. The van der Waals surface area contributed by atoms with Crippen molar-refractivity contribution in [1.29, 1.82) is 0 Å². The predicted molar refractivity (Wildman–Crippen MR) is 97.7 cm³/mol. The molecule has 0 aromatic heterocycles. The van der Waals surface area contributed by atoms with Gasteiger partial charge in [-0.25, -0.2) is 4.99 Å². The summed E-state index contributed by atoms with van der Waals surface area (Å²) in [5.74, 6) is -0.221. The molecule has 4 nitrogen and oxygen atoms in total. The van der Waals surface area contributed by atoms with Gasteiger partial charge in [-0.2, -0.15) is 13.2 Å². The Morgan fingerprint density at radius 1 is 1.19 bits per heavy atom. The first-order valence-electron chi connectivity index (χ1n) is 7.86. The first-order valence-corrected chi connectivity index (χ1v) is 8.74. The van der Waals surface area contributed by atoms with Crippen LogP contribution in [0, 0.1) is 6.92 Å².